The van der Waals surface area contributed by atoms with Crippen LogP contribution in [-0.4, -0.2) is 33.6 Å². The van der Waals surface area contributed by atoms with Crippen LogP contribution in [0.25, 0.3) is 12.2 Å². The van der Waals surface area contributed by atoms with E-state index in [1.165, 1.54) is 31.5 Å². The fourth-order valence-electron chi connectivity index (χ4n) is 3.04. The molecule has 1 aromatic heterocycles. The van der Waals surface area contributed by atoms with E-state index >= 15 is 0 Å². The van der Waals surface area contributed by atoms with Gasteiger partial charge < -0.3 is 14.6 Å². The van der Waals surface area contributed by atoms with Gasteiger partial charge in [0, 0.05) is 14.0 Å². The number of carbonyl (C=O) groups excluding carboxylic acids is 1. The van der Waals surface area contributed by atoms with E-state index in [0.717, 1.165) is 5.56 Å². The summed E-state index contributed by atoms with van der Waals surface area (Å²) in [6.45, 7) is 5.04. The van der Waals surface area contributed by atoms with Gasteiger partial charge in [-0.2, -0.15) is 0 Å². The van der Waals surface area contributed by atoms with Gasteiger partial charge in [-0.05, 0) is 49.8 Å². The summed E-state index contributed by atoms with van der Waals surface area (Å²) in [5.74, 6) is 0.341. The summed E-state index contributed by atoms with van der Waals surface area (Å²) in [5, 5.41) is 6.55. The lowest BCUT2D eigenvalue weighted by molar-refractivity contribution is -0.114. The predicted octanol–water partition coefficient (Wildman–Crippen LogP) is 4.25. The van der Waals surface area contributed by atoms with E-state index in [4.69, 9.17) is 9.26 Å². The number of benzene rings is 2. The topological polar surface area (TPSA) is 102 Å². The lowest BCUT2D eigenvalue weighted by Gasteiger charge is -2.21. The third kappa shape index (κ3) is 4.83. The Bertz CT molecular complexity index is 1260. The Hall–Kier alpha value is -3.59. The van der Waals surface area contributed by atoms with E-state index < -0.39 is 10.0 Å². The van der Waals surface area contributed by atoms with Crippen molar-refractivity contribution < 1.29 is 22.5 Å². The molecule has 2 aromatic carbocycles. The molecule has 8 nitrogen and oxygen atoms in total. The molecule has 3 aromatic rings. The zero-order valence-electron chi connectivity index (χ0n) is 18.5. The highest BCUT2D eigenvalue weighted by Crippen LogP contribution is 2.31. The maximum Gasteiger partial charge on any atom is 0.267 e. The van der Waals surface area contributed by atoms with Gasteiger partial charge in [-0.15, -0.1) is 0 Å². The first kappa shape index (κ1) is 23.1. The summed E-state index contributed by atoms with van der Waals surface area (Å²) >= 11 is 0. The number of aromatic nitrogens is 1. The zero-order chi connectivity index (χ0) is 23.5. The van der Waals surface area contributed by atoms with E-state index in [1.807, 2.05) is 19.1 Å². The first-order valence-electron chi connectivity index (χ1n) is 9.79. The summed E-state index contributed by atoms with van der Waals surface area (Å²) < 4.78 is 38.5. The Labute approximate surface area is 187 Å². The van der Waals surface area contributed by atoms with Gasteiger partial charge in [0.15, 0.2) is 5.76 Å². The number of hydrogen-bond donors (Lipinski definition) is 1. The maximum absolute atomic E-state index is 13.3. The average Bonchev–Trinajstić information content (AvgIpc) is 3.10. The highest BCUT2D eigenvalue weighted by atomic mass is 32.2. The summed E-state index contributed by atoms with van der Waals surface area (Å²) in [4.78, 5) is 11.5. The smallest absolute Gasteiger partial charge is 0.267 e. The predicted molar refractivity (Wildman–Crippen MR) is 124 cm³/mol. The van der Waals surface area contributed by atoms with Crippen molar-refractivity contribution in [3.63, 3.8) is 0 Å². The van der Waals surface area contributed by atoms with Crippen LogP contribution >= 0.6 is 0 Å². The number of aryl methyl sites for hydroxylation is 2. The maximum atomic E-state index is 13.3. The number of carbonyl (C=O) groups is 1. The van der Waals surface area contributed by atoms with Crippen LogP contribution in [0.5, 0.6) is 5.75 Å². The molecule has 1 heterocycles. The van der Waals surface area contributed by atoms with Gasteiger partial charge in [0.25, 0.3) is 10.0 Å². The molecule has 0 aliphatic heterocycles. The number of ether oxygens (including phenoxy) is 1. The van der Waals surface area contributed by atoms with Gasteiger partial charge in [0.05, 0.1) is 12.8 Å². The Kier molecular flexibility index (Phi) is 6.69. The number of amides is 1. The molecule has 32 heavy (non-hydrogen) atoms. The third-order valence-electron chi connectivity index (χ3n) is 4.84. The molecular weight excluding hydrogens is 430 g/mol. The van der Waals surface area contributed by atoms with Crippen molar-refractivity contribution in [3.05, 3.63) is 65.0 Å². The highest BCUT2D eigenvalue weighted by Gasteiger charge is 2.25. The molecule has 0 spiro atoms. The monoisotopic (exact) mass is 455 g/mol. The molecule has 0 bridgehead atoms. The van der Waals surface area contributed by atoms with Crippen LogP contribution < -0.4 is 14.4 Å². The van der Waals surface area contributed by atoms with Crippen molar-refractivity contribution in [3.8, 4) is 5.75 Å². The van der Waals surface area contributed by atoms with Gasteiger partial charge in [-0.25, -0.2) is 8.42 Å². The van der Waals surface area contributed by atoms with Gasteiger partial charge in [-0.1, -0.05) is 35.0 Å². The molecule has 0 fully saturated rings. The third-order valence-corrected chi connectivity index (χ3v) is 6.65. The highest BCUT2D eigenvalue weighted by molar-refractivity contribution is 7.92. The minimum atomic E-state index is -3.89. The van der Waals surface area contributed by atoms with Crippen LogP contribution in [0.1, 0.15) is 29.5 Å². The van der Waals surface area contributed by atoms with Crippen molar-refractivity contribution in [1.29, 1.82) is 0 Å². The molecule has 0 atom stereocenters. The Morgan fingerprint density at radius 2 is 1.81 bits per heavy atom. The van der Waals surface area contributed by atoms with Crippen LogP contribution in [0, 0.1) is 13.8 Å². The molecule has 0 saturated carbocycles. The minimum absolute atomic E-state index is 0.0288. The van der Waals surface area contributed by atoms with Crippen LogP contribution in [0.2, 0.25) is 0 Å². The lowest BCUT2D eigenvalue weighted by Crippen LogP contribution is -2.27. The molecule has 3 rings (SSSR count). The van der Waals surface area contributed by atoms with E-state index in [0.29, 0.717) is 28.4 Å². The second-order valence-electron chi connectivity index (χ2n) is 7.24. The number of hydrogen-bond acceptors (Lipinski definition) is 6. The van der Waals surface area contributed by atoms with Crippen LogP contribution in [0.15, 0.2) is 51.9 Å². The van der Waals surface area contributed by atoms with Crippen LogP contribution in [0.3, 0.4) is 0 Å². The number of anilines is 2. The van der Waals surface area contributed by atoms with Crippen molar-refractivity contribution >= 4 is 39.5 Å². The summed E-state index contributed by atoms with van der Waals surface area (Å²) in [7, 11) is -0.969. The summed E-state index contributed by atoms with van der Waals surface area (Å²) in [6.07, 6.45) is 3.29. The van der Waals surface area contributed by atoms with E-state index in [1.54, 1.807) is 43.3 Å². The SMILES string of the molecule is COc1ccc(/C=C\c2onc(C)c2NC(C)=O)cc1S(=O)(=O)N(C)c1ccc(C)cc1. The van der Waals surface area contributed by atoms with Gasteiger partial charge >= 0.3 is 0 Å². The van der Waals surface area contributed by atoms with Crippen molar-refractivity contribution in [2.75, 3.05) is 23.8 Å². The average molecular weight is 456 g/mol. The van der Waals surface area contributed by atoms with E-state index in [-0.39, 0.29) is 16.6 Å². The standard InChI is InChI=1S/C23H25N3O5S/c1-15-6-10-19(11-7-15)26(4)32(28,29)22-14-18(8-12-20(22)30-5)9-13-21-23(24-17(3)27)16(2)25-31-21/h6-14H,1-5H3,(H,24,27)/b13-9-. The first-order chi connectivity index (χ1) is 15.1. The second-order valence-corrected chi connectivity index (χ2v) is 9.18. The molecule has 0 aliphatic rings. The van der Waals surface area contributed by atoms with Crippen molar-refractivity contribution in [2.24, 2.45) is 0 Å². The number of nitrogens with zero attached hydrogens (tertiary/aromatic N) is 2. The van der Waals surface area contributed by atoms with Crippen LogP contribution in [-0.2, 0) is 14.8 Å². The van der Waals surface area contributed by atoms with Crippen LogP contribution in [0.4, 0.5) is 11.4 Å². The minimum Gasteiger partial charge on any atom is -0.495 e. The first-order valence-corrected chi connectivity index (χ1v) is 11.2. The molecular formula is C23H25N3O5S. The van der Waals surface area contributed by atoms with Gasteiger partial charge in [0.1, 0.15) is 22.0 Å². The fourth-order valence-corrected chi connectivity index (χ4v) is 4.43. The normalized spacial score (nSPS) is 11.5. The lowest BCUT2D eigenvalue weighted by atomic mass is 10.2. The Morgan fingerprint density at radius 3 is 2.44 bits per heavy atom. The van der Waals surface area contributed by atoms with Gasteiger partial charge in [-0.3, -0.25) is 9.10 Å². The number of nitrogens with one attached hydrogen (secondary N) is 1. The fraction of sp³-hybridized carbons (Fsp3) is 0.217. The van der Waals surface area contributed by atoms with E-state index in [2.05, 4.69) is 10.5 Å². The van der Waals surface area contributed by atoms with Crippen molar-refractivity contribution in [2.45, 2.75) is 25.7 Å². The Balaban J connectivity index is 1.98. The molecule has 0 radical (unpaired) electrons. The molecule has 9 heteroatoms. The molecule has 0 saturated heterocycles. The Morgan fingerprint density at radius 1 is 1.12 bits per heavy atom. The second kappa shape index (κ2) is 9.27. The molecule has 0 aliphatic carbocycles. The largest absolute Gasteiger partial charge is 0.495 e. The number of methoxy groups -OCH3 is 1. The van der Waals surface area contributed by atoms with E-state index in [9.17, 15) is 13.2 Å². The molecule has 1 N–H and O–H groups in total. The zero-order valence-corrected chi connectivity index (χ0v) is 19.4. The molecule has 0 unspecified atom stereocenters. The summed E-state index contributed by atoms with van der Waals surface area (Å²) in [6, 6.07) is 12.0. The van der Waals surface area contributed by atoms with Gasteiger partial charge in [0.2, 0.25) is 5.91 Å². The summed E-state index contributed by atoms with van der Waals surface area (Å²) in [5.41, 5.74) is 3.18. The molecule has 1 amide bonds. The van der Waals surface area contributed by atoms with Crippen molar-refractivity contribution in [1.82, 2.24) is 5.16 Å². The number of rotatable bonds is 7. The number of sulfonamides is 1. The molecule has 168 valence electrons. The quantitative estimate of drug-likeness (QED) is 0.571.